The topological polar surface area (TPSA) is 38.3 Å². The summed E-state index contributed by atoms with van der Waals surface area (Å²) >= 11 is 7.73. The summed E-state index contributed by atoms with van der Waals surface area (Å²) in [6, 6.07) is 9.41. The third kappa shape index (κ3) is 4.70. The van der Waals surface area contributed by atoms with Crippen molar-refractivity contribution in [3.63, 3.8) is 0 Å². The molecule has 0 fully saturated rings. The molecule has 21 heavy (non-hydrogen) atoms. The first kappa shape index (κ1) is 15.8. The molecule has 1 amide bonds. The maximum Gasteiger partial charge on any atom is 0.244 e. The van der Waals surface area contributed by atoms with Crippen LogP contribution >= 0.6 is 22.9 Å². The molecule has 1 aromatic heterocycles. The van der Waals surface area contributed by atoms with Gasteiger partial charge in [-0.1, -0.05) is 29.8 Å². The van der Waals surface area contributed by atoms with Gasteiger partial charge in [-0.3, -0.25) is 4.79 Å². The van der Waals surface area contributed by atoms with Crippen molar-refractivity contribution >= 4 is 34.9 Å². The van der Waals surface area contributed by atoms with E-state index >= 15 is 0 Å². The van der Waals surface area contributed by atoms with Crippen molar-refractivity contribution in [3.8, 4) is 0 Å². The number of hydrogen-bond acceptors (Lipinski definition) is 3. The van der Waals surface area contributed by atoms with Crippen LogP contribution < -0.4 is 5.32 Å². The number of amides is 1. The molecule has 0 bridgehead atoms. The van der Waals surface area contributed by atoms with Gasteiger partial charge in [0, 0.05) is 30.3 Å². The van der Waals surface area contributed by atoms with E-state index in [9.17, 15) is 4.79 Å². The van der Waals surface area contributed by atoms with Crippen LogP contribution in [-0.2, 0) is 9.53 Å². The van der Waals surface area contributed by atoms with Gasteiger partial charge in [0.05, 0.1) is 0 Å². The van der Waals surface area contributed by atoms with Crippen LogP contribution in [0, 0.1) is 0 Å². The van der Waals surface area contributed by atoms with E-state index in [0.717, 1.165) is 11.1 Å². The molecule has 0 spiro atoms. The quantitative estimate of drug-likeness (QED) is 0.819. The second kappa shape index (κ2) is 7.98. The van der Waals surface area contributed by atoms with E-state index in [2.05, 4.69) is 5.32 Å². The second-order valence-corrected chi connectivity index (χ2v) is 5.57. The number of carbonyl (C=O) groups excluding carboxylic acids is 1. The largest absolute Gasteiger partial charge is 0.375 e. The summed E-state index contributed by atoms with van der Waals surface area (Å²) in [5.74, 6) is -0.157. The van der Waals surface area contributed by atoms with E-state index in [1.54, 1.807) is 30.6 Å². The Bertz CT molecular complexity index is 610. The van der Waals surface area contributed by atoms with Gasteiger partial charge in [-0.2, -0.15) is 11.3 Å². The lowest BCUT2D eigenvalue weighted by molar-refractivity contribution is -0.117. The van der Waals surface area contributed by atoms with Crippen LogP contribution in [0.5, 0.6) is 0 Å². The number of nitrogens with one attached hydrogen (secondary N) is 1. The minimum atomic E-state index is -0.266. The molecule has 1 unspecified atom stereocenters. The fourth-order valence-electron chi connectivity index (χ4n) is 1.85. The first-order valence-corrected chi connectivity index (χ1v) is 7.78. The second-order valence-electron chi connectivity index (χ2n) is 4.38. The van der Waals surface area contributed by atoms with E-state index in [0.29, 0.717) is 11.6 Å². The zero-order valence-electron chi connectivity index (χ0n) is 11.6. The van der Waals surface area contributed by atoms with Crippen LogP contribution in [0.3, 0.4) is 0 Å². The summed E-state index contributed by atoms with van der Waals surface area (Å²) < 4.78 is 5.40. The third-order valence-electron chi connectivity index (χ3n) is 2.97. The van der Waals surface area contributed by atoms with E-state index in [1.807, 2.05) is 35.0 Å². The summed E-state index contributed by atoms with van der Waals surface area (Å²) in [4.78, 5) is 11.8. The normalized spacial score (nSPS) is 12.5. The van der Waals surface area contributed by atoms with Gasteiger partial charge < -0.3 is 10.1 Å². The molecule has 0 saturated heterocycles. The van der Waals surface area contributed by atoms with Crippen molar-refractivity contribution in [2.75, 3.05) is 13.7 Å². The van der Waals surface area contributed by atoms with Crippen molar-refractivity contribution in [3.05, 3.63) is 63.3 Å². The Hall–Kier alpha value is -1.62. The van der Waals surface area contributed by atoms with Crippen LogP contribution in [0.15, 0.2) is 47.2 Å². The number of benzene rings is 1. The van der Waals surface area contributed by atoms with Gasteiger partial charge in [-0.25, -0.2) is 0 Å². The Morgan fingerprint density at radius 3 is 2.90 bits per heavy atom. The van der Waals surface area contributed by atoms with Crippen molar-refractivity contribution in [2.24, 2.45) is 0 Å². The van der Waals surface area contributed by atoms with Crippen LogP contribution in [-0.4, -0.2) is 19.6 Å². The molecular weight excluding hydrogens is 306 g/mol. The average molecular weight is 322 g/mol. The lowest BCUT2D eigenvalue weighted by Gasteiger charge is -2.17. The number of ether oxygens (including phenoxy) is 1. The van der Waals surface area contributed by atoms with Crippen LogP contribution in [0.4, 0.5) is 0 Å². The Balaban J connectivity index is 1.91. The first-order valence-electron chi connectivity index (χ1n) is 6.46. The molecule has 0 aliphatic carbocycles. The minimum absolute atomic E-state index is 0.157. The molecule has 3 nitrogen and oxygen atoms in total. The molecule has 5 heteroatoms. The molecule has 1 atom stereocenters. The number of carbonyl (C=O) groups is 1. The minimum Gasteiger partial charge on any atom is -0.375 e. The van der Waals surface area contributed by atoms with Crippen LogP contribution in [0.25, 0.3) is 6.08 Å². The molecule has 0 aliphatic rings. The molecule has 1 N–H and O–H groups in total. The molecule has 0 saturated carbocycles. The summed E-state index contributed by atoms with van der Waals surface area (Å²) in [6.07, 6.45) is 3.03. The van der Waals surface area contributed by atoms with E-state index in [1.165, 1.54) is 6.08 Å². The molecule has 0 aliphatic heterocycles. The van der Waals surface area contributed by atoms with Crippen molar-refractivity contribution in [1.82, 2.24) is 5.32 Å². The zero-order chi connectivity index (χ0) is 15.1. The average Bonchev–Trinajstić information content (AvgIpc) is 3.01. The van der Waals surface area contributed by atoms with Crippen molar-refractivity contribution < 1.29 is 9.53 Å². The van der Waals surface area contributed by atoms with Crippen molar-refractivity contribution in [1.29, 1.82) is 0 Å². The highest BCUT2D eigenvalue weighted by Crippen LogP contribution is 2.24. The number of hydrogen-bond donors (Lipinski definition) is 1. The van der Waals surface area contributed by atoms with E-state index in [4.69, 9.17) is 16.3 Å². The number of thiophene rings is 1. The number of halogens is 1. The Morgan fingerprint density at radius 2 is 2.24 bits per heavy atom. The maximum absolute atomic E-state index is 11.8. The summed E-state index contributed by atoms with van der Waals surface area (Å²) in [5, 5.41) is 7.39. The van der Waals surface area contributed by atoms with E-state index < -0.39 is 0 Å². The maximum atomic E-state index is 11.8. The van der Waals surface area contributed by atoms with E-state index in [-0.39, 0.29) is 12.0 Å². The van der Waals surface area contributed by atoms with Crippen LogP contribution in [0.1, 0.15) is 17.2 Å². The first-order chi connectivity index (χ1) is 10.2. The predicted octanol–water partition coefficient (Wildman–Crippen LogP) is 3.92. The van der Waals surface area contributed by atoms with Gasteiger partial charge in [-0.05, 0) is 34.5 Å². The Kier molecular flexibility index (Phi) is 5.99. The molecule has 1 heterocycles. The molecule has 110 valence electrons. The van der Waals surface area contributed by atoms with Gasteiger partial charge >= 0.3 is 0 Å². The Morgan fingerprint density at radius 1 is 1.43 bits per heavy atom. The highest BCUT2D eigenvalue weighted by Gasteiger charge is 2.14. The molecule has 0 radical (unpaired) electrons. The molecule has 1 aromatic carbocycles. The monoisotopic (exact) mass is 321 g/mol. The smallest absolute Gasteiger partial charge is 0.244 e. The number of methoxy groups -OCH3 is 1. The SMILES string of the molecule is COC(CNC(=O)C=Cc1ccsc1)c1ccccc1Cl. The van der Waals surface area contributed by atoms with Gasteiger partial charge in [0.25, 0.3) is 0 Å². The van der Waals surface area contributed by atoms with Crippen LogP contribution in [0.2, 0.25) is 5.02 Å². The van der Waals surface area contributed by atoms with Gasteiger partial charge in [0.2, 0.25) is 5.91 Å². The van der Waals surface area contributed by atoms with Gasteiger partial charge in [0.1, 0.15) is 6.10 Å². The van der Waals surface area contributed by atoms with Gasteiger partial charge in [-0.15, -0.1) is 0 Å². The number of rotatable bonds is 6. The Labute approximate surface area is 133 Å². The highest BCUT2D eigenvalue weighted by molar-refractivity contribution is 7.08. The molecular formula is C16H16ClNO2S. The third-order valence-corrected chi connectivity index (χ3v) is 4.01. The zero-order valence-corrected chi connectivity index (χ0v) is 13.2. The lowest BCUT2D eigenvalue weighted by atomic mass is 10.1. The lowest BCUT2D eigenvalue weighted by Crippen LogP contribution is -2.27. The fourth-order valence-corrected chi connectivity index (χ4v) is 2.74. The summed E-state index contributed by atoms with van der Waals surface area (Å²) in [6.45, 7) is 0.368. The standard InChI is InChI=1S/C16H16ClNO2S/c1-20-15(13-4-2-3-5-14(13)17)10-18-16(19)7-6-12-8-9-21-11-12/h2-9,11,15H,10H2,1H3,(H,18,19). The molecule has 2 aromatic rings. The summed E-state index contributed by atoms with van der Waals surface area (Å²) in [7, 11) is 1.60. The fraction of sp³-hybridized carbons (Fsp3) is 0.188. The van der Waals surface area contributed by atoms with Gasteiger partial charge in [0.15, 0.2) is 0 Å². The summed E-state index contributed by atoms with van der Waals surface area (Å²) in [5.41, 5.74) is 1.88. The molecule has 2 rings (SSSR count). The predicted molar refractivity (Wildman–Crippen MR) is 87.6 cm³/mol. The van der Waals surface area contributed by atoms with Crippen molar-refractivity contribution in [2.45, 2.75) is 6.10 Å². The highest BCUT2D eigenvalue weighted by atomic mass is 35.5.